The molecule has 2 N–H and O–H groups in total. The van der Waals surface area contributed by atoms with E-state index in [1.807, 2.05) is 19.1 Å². The lowest BCUT2D eigenvalue weighted by Crippen LogP contribution is -2.37. The lowest BCUT2D eigenvalue weighted by Gasteiger charge is -2.16. The van der Waals surface area contributed by atoms with Crippen molar-refractivity contribution in [1.29, 1.82) is 0 Å². The van der Waals surface area contributed by atoms with Crippen LogP contribution in [0.15, 0.2) is 53.6 Å². The lowest BCUT2D eigenvalue weighted by atomic mass is 10.1. The van der Waals surface area contributed by atoms with Crippen molar-refractivity contribution >= 4 is 28.9 Å². The number of nitrogens with one attached hydrogen (secondary N) is 2. The quantitative estimate of drug-likeness (QED) is 0.607. The van der Waals surface area contributed by atoms with Crippen molar-refractivity contribution in [3.63, 3.8) is 0 Å². The molecule has 126 valence electrons. The fraction of sp³-hybridized carbons (Fsp3) is 0.222. The average molecular weight is 348 g/mol. The number of rotatable bonds is 6. The first-order valence-electron chi connectivity index (χ1n) is 7.61. The third-order valence-electron chi connectivity index (χ3n) is 3.51. The van der Waals surface area contributed by atoms with Crippen LogP contribution >= 0.6 is 11.6 Å². The Balaban J connectivity index is 1.99. The van der Waals surface area contributed by atoms with Gasteiger partial charge in [0.2, 0.25) is 0 Å². The van der Waals surface area contributed by atoms with Gasteiger partial charge in [-0.05, 0) is 55.3 Å². The second-order valence-electron chi connectivity index (χ2n) is 5.29. The first kappa shape index (κ1) is 17.9. The van der Waals surface area contributed by atoms with E-state index in [0.29, 0.717) is 17.2 Å². The molecule has 0 aromatic heterocycles. The van der Waals surface area contributed by atoms with Gasteiger partial charge in [-0.2, -0.15) is 5.10 Å². The Hall–Kier alpha value is -2.40. The first-order chi connectivity index (χ1) is 11.5. The van der Waals surface area contributed by atoms with Crippen LogP contribution in [0.1, 0.15) is 25.8 Å². The zero-order valence-corrected chi connectivity index (χ0v) is 14.3. The van der Waals surface area contributed by atoms with Crippen LogP contribution in [-0.2, 0) is 4.79 Å². The molecule has 0 heterocycles. The van der Waals surface area contributed by atoms with Crippen molar-refractivity contribution < 1.29 is 9.18 Å². The molecule has 0 aliphatic carbocycles. The molecule has 0 saturated heterocycles. The van der Waals surface area contributed by atoms with Crippen LogP contribution in [0, 0.1) is 5.82 Å². The molecular weight excluding hydrogens is 329 g/mol. The number of carbonyl (C=O) groups excluding carboxylic acids is 1. The van der Waals surface area contributed by atoms with Crippen molar-refractivity contribution in [2.45, 2.75) is 26.3 Å². The Morgan fingerprint density at radius 1 is 1.17 bits per heavy atom. The summed E-state index contributed by atoms with van der Waals surface area (Å²) in [4.78, 5) is 12.3. The fourth-order valence-electron chi connectivity index (χ4n) is 2.07. The van der Waals surface area contributed by atoms with E-state index in [0.717, 1.165) is 11.3 Å². The summed E-state index contributed by atoms with van der Waals surface area (Å²) >= 11 is 5.85. The predicted octanol–water partition coefficient (Wildman–Crippen LogP) is 4.21. The molecule has 2 rings (SSSR count). The number of amides is 1. The van der Waals surface area contributed by atoms with Crippen molar-refractivity contribution in [3.8, 4) is 0 Å². The van der Waals surface area contributed by atoms with Crippen molar-refractivity contribution in [3.05, 3.63) is 64.9 Å². The van der Waals surface area contributed by atoms with Crippen LogP contribution in [0.2, 0.25) is 5.02 Å². The van der Waals surface area contributed by atoms with E-state index >= 15 is 0 Å². The molecule has 0 radical (unpaired) electrons. The Morgan fingerprint density at radius 3 is 2.38 bits per heavy atom. The van der Waals surface area contributed by atoms with Crippen LogP contribution < -0.4 is 10.7 Å². The molecule has 4 nitrogen and oxygen atoms in total. The molecule has 2 aromatic rings. The number of benzene rings is 2. The van der Waals surface area contributed by atoms with E-state index in [1.165, 1.54) is 12.1 Å². The van der Waals surface area contributed by atoms with E-state index in [1.54, 1.807) is 31.2 Å². The molecular formula is C18H19ClFN3O. The Bertz CT molecular complexity index is 714. The monoisotopic (exact) mass is 347 g/mol. The van der Waals surface area contributed by atoms with E-state index in [4.69, 9.17) is 11.6 Å². The molecule has 6 heteroatoms. The summed E-state index contributed by atoms with van der Waals surface area (Å²) in [6.45, 7) is 3.66. The summed E-state index contributed by atoms with van der Waals surface area (Å²) in [5.74, 6) is -0.553. The van der Waals surface area contributed by atoms with Gasteiger partial charge < -0.3 is 5.32 Å². The van der Waals surface area contributed by atoms with Gasteiger partial charge in [0.05, 0.1) is 5.71 Å². The second-order valence-corrected chi connectivity index (χ2v) is 5.73. The number of hydrazone groups is 1. The highest BCUT2D eigenvalue weighted by Crippen LogP contribution is 2.15. The van der Waals surface area contributed by atoms with Crippen LogP contribution in [0.25, 0.3) is 0 Å². The maximum absolute atomic E-state index is 12.9. The summed E-state index contributed by atoms with van der Waals surface area (Å²) < 4.78 is 12.9. The maximum Gasteiger partial charge on any atom is 0.262 e. The van der Waals surface area contributed by atoms with Crippen LogP contribution in [0.5, 0.6) is 0 Å². The topological polar surface area (TPSA) is 53.5 Å². The van der Waals surface area contributed by atoms with Gasteiger partial charge in [-0.1, -0.05) is 30.7 Å². The highest BCUT2D eigenvalue weighted by molar-refractivity contribution is 6.30. The molecule has 2 aromatic carbocycles. The SMILES string of the molecule is CC[C@@H](Nc1ccc(Cl)cc1)C(=O)N/N=C(/C)c1ccc(F)cc1. The minimum Gasteiger partial charge on any atom is -0.374 e. The summed E-state index contributed by atoms with van der Waals surface area (Å²) in [5, 5.41) is 7.86. The predicted molar refractivity (Wildman–Crippen MR) is 95.9 cm³/mol. The highest BCUT2D eigenvalue weighted by Gasteiger charge is 2.15. The molecule has 0 aliphatic rings. The standard InChI is InChI=1S/C18H19ClFN3O/c1-3-17(21-16-10-6-14(19)7-11-16)18(24)23-22-12(2)13-4-8-15(20)9-5-13/h4-11,17,21H,3H2,1-2H3,(H,23,24)/b22-12-/t17-/m1/s1. The summed E-state index contributed by atoms with van der Waals surface area (Å²) in [5.41, 5.74) is 4.70. The number of anilines is 1. The van der Waals surface area contributed by atoms with E-state index in [-0.39, 0.29) is 11.7 Å². The van der Waals surface area contributed by atoms with E-state index in [9.17, 15) is 9.18 Å². The summed E-state index contributed by atoms with van der Waals surface area (Å²) in [7, 11) is 0. The van der Waals surface area contributed by atoms with Crippen molar-refractivity contribution in [2.75, 3.05) is 5.32 Å². The van der Waals surface area contributed by atoms with Gasteiger partial charge in [0, 0.05) is 10.7 Å². The van der Waals surface area contributed by atoms with Gasteiger partial charge in [-0.3, -0.25) is 4.79 Å². The van der Waals surface area contributed by atoms with E-state index in [2.05, 4.69) is 15.8 Å². The van der Waals surface area contributed by atoms with Crippen LogP contribution in [0.4, 0.5) is 10.1 Å². The lowest BCUT2D eigenvalue weighted by molar-refractivity contribution is -0.121. The molecule has 0 bridgehead atoms. The van der Waals surface area contributed by atoms with Gasteiger partial charge in [0.15, 0.2) is 0 Å². The van der Waals surface area contributed by atoms with Crippen LogP contribution in [-0.4, -0.2) is 17.7 Å². The maximum atomic E-state index is 12.9. The van der Waals surface area contributed by atoms with Crippen LogP contribution in [0.3, 0.4) is 0 Å². The van der Waals surface area contributed by atoms with Gasteiger partial charge in [-0.25, -0.2) is 9.82 Å². The minimum atomic E-state index is -0.420. The van der Waals surface area contributed by atoms with E-state index < -0.39 is 6.04 Å². The molecule has 0 fully saturated rings. The molecule has 1 amide bonds. The molecule has 0 spiro atoms. The van der Waals surface area contributed by atoms with Gasteiger partial charge in [0.1, 0.15) is 11.9 Å². The van der Waals surface area contributed by atoms with Gasteiger partial charge >= 0.3 is 0 Å². The normalized spacial score (nSPS) is 12.6. The number of hydrogen-bond acceptors (Lipinski definition) is 3. The number of carbonyl (C=O) groups is 1. The zero-order chi connectivity index (χ0) is 17.5. The summed E-state index contributed by atoms with van der Waals surface area (Å²) in [6, 6.07) is 12.6. The molecule has 0 aliphatic heterocycles. The van der Waals surface area contributed by atoms with Gasteiger partial charge in [-0.15, -0.1) is 0 Å². The smallest absolute Gasteiger partial charge is 0.262 e. The van der Waals surface area contributed by atoms with Crippen molar-refractivity contribution in [1.82, 2.24) is 5.43 Å². The average Bonchev–Trinajstić information content (AvgIpc) is 2.59. The third-order valence-corrected chi connectivity index (χ3v) is 3.76. The Morgan fingerprint density at radius 2 is 1.79 bits per heavy atom. The second kappa shape index (κ2) is 8.45. The fourth-order valence-corrected chi connectivity index (χ4v) is 2.20. The number of halogens is 2. The van der Waals surface area contributed by atoms with Gasteiger partial charge in [0.25, 0.3) is 5.91 Å². The molecule has 0 saturated carbocycles. The molecule has 24 heavy (non-hydrogen) atoms. The number of nitrogens with zero attached hydrogens (tertiary/aromatic N) is 1. The first-order valence-corrected chi connectivity index (χ1v) is 7.99. The largest absolute Gasteiger partial charge is 0.374 e. The minimum absolute atomic E-state index is 0.242. The zero-order valence-electron chi connectivity index (χ0n) is 13.5. The Kier molecular flexibility index (Phi) is 6.32. The molecule has 1 atom stereocenters. The highest BCUT2D eigenvalue weighted by atomic mass is 35.5. The number of hydrogen-bond donors (Lipinski definition) is 2. The third kappa shape index (κ3) is 5.06. The Labute approximate surface area is 145 Å². The summed E-state index contributed by atoms with van der Waals surface area (Å²) in [6.07, 6.45) is 0.597. The van der Waals surface area contributed by atoms with Crippen molar-refractivity contribution in [2.24, 2.45) is 5.10 Å². The molecule has 0 unspecified atom stereocenters.